The topological polar surface area (TPSA) is 58.9 Å². The van der Waals surface area contributed by atoms with Crippen LogP contribution in [-0.4, -0.2) is 38.4 Å². The molecule has 0 amide bonds. The van der Waals surface area contributed by atoms with E-state index in [0.717, 1.165) is 29.1 Å². The molecule has 1 N–H and O–H groups in total. The monoisotopic (exact) mass is 383 g/mol. The van der Waals surface area contributed by atoms with Gasteiger partial charge in [0.15, 0.2) is 5.69 Å². The van der Waals surface area contributed by atoms with Crippen molar-refractivity contribution in [2.75, 3.05) is 38.0 Å². The van der Waals surface area contributed by atoms with Gasteiger partial charge < -0.3 is 9.80 Å². The largest absolute Gasteiger partial charge is 0.378 e. The van der Waals surface area contributed by atoms with Crippen LogP contribution in [0.5, 0.6) is 0 Å². The molecule has 146 valence electrons. The standard InChI is InChI=1S/C24H25N5/c1-28(2)19-9-5-7-17(13-19)24(18-8-6-10-20(14-18)29(3)4)12-11-21-22(15-24)26-27-23(21)16-25/h5-14H,15H2,1-4H3,(H,26,27). The van der Waals surface area contributed by atoms with Crippen molar-refractivity contribution < 1.29 is 0 Å². The summed E-state index contributed by atoms with van der Waals surface area (Å²) in [6, 6.07) is 19.5. The van der Waals surface area contributed by atoms with Crippen molar-refractivity contribution in [1.82, 2.24) is 10.2 Å². The highest BCUT2D eigenvalue weighted by atomic mass is 15.1. The molecule has 5 nitrogen and oxygen atoms in total. The predicted molar refractivity (Wildman–Crippen MR) is 118 cm³/mol. The second kappa shape index (κ2) is 7.14. The van der Waals surface area contributed by atoms with Crippen LogP contribution in [0.25, 0.3) is 6.08 Å². The molecule has 0 saturated carbocycles. The summed E-state index contributed by atoms with van der Waals surface area (Å²) < 4.78 is 0. The molecule has 3 aromatic rings. The van der Waals surface area contributed by atoms with Gasteiger partial charge in [0.05, 0.1) is 0 Å². The quantitative estimate of drug-likeness (QED) is 0.741. The first kappa shape index (κ1) is 18.8. The summed E-state index contributed by atoms with van der Waals surface area (Å²) in [5.41, 5.74) is 6.76. The van der Waals surface area contributed by atoms with Crippen molar-refractivity contribution in [3.63, 3.8) is 0 Å². The molecule has 4 rings (SSSR count). The van der Waals surface area contributed by atoms with E-state index in [2.05, 4.69) is 109 Å². The fraction of sp³-hybridized carbons (Fsp3) is 0.250. The molecule has 0 bridgehead atoms. The lowest BCUT2D eigenvalue weighted by molar-refractivity contribution is 0.620. The fourth-order valence-corrected chi connectivity index (χ4v) is 4.04. The average molecular weight is 383 g/mol. The molecule has 0 atom stereocenters. The third-order valence-corrected chi connectivity index (χ3v) is 5.73. The van der Waals surface area contributed by atoms with Crippen LogP contribution in [0.15, 0.2) is 54.6 Å². The lowest BCUT2D eigenvalue weighted by Gasteiger charge is -2.35. The Labute approximate surface area is 171 Å². The molecule has 1 aliphatic rings. The number of aromatic amines is 1. The number of nitrogens with zero attached hydrogens (tertiary/aromatic N) is 4. The highest BCUT2D eigenvalue weighted by Gasteiger charge is 2.37. The fourth-order valence-electron chi connectivity index (χ4n) is 4.04. The SMILES string of the molecule is CN(C)c1cccc(C2(c3cccc(N(C)C)c3)C=Cc3c(C#N)n[nH]c3C2)c1. The highest BCUT2D eigenvalue weighted by molar-refractivity contribution is 5.68. The van der Waals surface area contributed by atoms with Gasteiger partial charge in [-0.2, -0.15) is 10.4 Å². The Hall–Kier alpha value is -3.52. The number of aromatic nitrogens is 2. The van der Waals surface area contributed by atoms with E-state index < -0.39 is 0 Å². The molecule has 2 aromatic carbocycles. The first-order chi connectivity index (χ1) is 13.9. The maximum atomic E-state index is 9.36. The van der Waals surface area contributed by atoms with E-state index >= 15 is 0 Å². The molecule has 1 heterocycles. The molecule has 1 aromatic heterocycles. The van der Waals surface area contributed by atoms with Gasteiger partial charge in [-0.3, -0.25) is 5.10 Å². The van der Waals surface area contributed by atoms with Crippen LogP contribution in [-0.2, 0) is 11.8 Å². The molecule has 0 fully saturated rings. The first-order valence-corrected chi connectivity index (χ1v) is 9.67. The third kappa shape index (κ3) is 3.17. The van der Waals surface area contributed by atoms with E-state index in [-0.39, 0.29) is 5.41 Å². The summed E-state index contributed by atoms with van der Waals surface area (Å²) in [6.45, 7) is 0. The third-order valence-electron chi connectivity index (χ3n) is 5.73. The number of nitriles is 1. The molecule has 0 spiro atoms. The predicted octanol–water partition coefficient (Wildman–Crippen LogP) is 3.97. The van der Waals surface area contributed by atoms with Crippen LogP contribution in [0, 0.1) is 11.3 Å². The number of hydrogen-bond donors (Lipinski definition) is 1. The van der Waals surface area contributed by atoms with Gasteiger partial charge in [-0.15, -0.1) is 0 Å². The number of allylic oxidation sites excluding steroid dienone is 1. The van der Waals surface area contributed by atoms with Gasteiger partial charge in [-0.25, -0.2) is 0 Å². The van der Waals surface area contributed by atoms with Gasteiger partial charge >= 0.3 is 0 Å². The number of fused-ring (bicyclic) bond motifs is 1. The minimum atomic E-state index is -0.343. The van der Waals surface area contributed by atoms with Crippen LogP contribution in [0.2, 0.25) is 0 Å². The van der Waals surface area contributed by atoms with E-state index in [4.69, 9.17) is 0 Å². The number of anilines is 2. The zero-order valence-corrected chi connectivity index (χ0v) is 17.3. The maximum absolute atomic E-state index is 9.36. The van der Waals surface area contributed by atoms with Crippen molar-refractivity contribution in [2.24, 2.45) is 0 Å². The Morgan fingerprint density at radius 2 is 1.55 bits per heavy atom. The summed E-state index contributed by atoms with van der Waals surface area (Å²) in [5, 5.41) is 16.7. The van der Waals surface area contributed by atoms with Gasteiger partial charge in [0, 0.05) is 62.7 Å². The van der Waals surface area contributed by atoms with E-state index in [1.807, 2.05) is 6.08 Å². The smallest absolute Gasteiger partial charge is 0.169 e. The summed E-state index contributed by atoms with van der Waals surface area (Å²) in [7, 11) is 8.23. The molecule has 29 heavy (non-hydrogen) atoms. The molecular weight excluding hydrogens is 358 g/mol. The zero-order valence-electron chi connectivity index (χ0n) is 17.3. The van der Waals surface area contributed by atoms with Crippen LogP contribution < -0.4 is 9.80 Å². The normalized spacial score (nSPS) is 14.2. The van der Waals surface area contributed by atoms with Crippen LogP contribution in [0.4, 0.5) is 11.4 Å². The van der Waals surface area contributed by atoms with Crippen molar-refractivity contribution in [1.29, 1.82) is 5.26 Å². The Morgan fingerprint density at radius 3 is 2.07 bits per heavy atom. The number of H-pyrrole nitrogens is 1. The minimum absolute atomic E-state index is 0.343. The lowest BCUT2D eigenvalue weighted by atomic mass is 9.68. The first-order valence-electron chi connectivity index (χ1n) is 9.67. The van der Waals surface area contributed by atoms with E-state index in [1.165, 1.54) is 11.1 Å². The van der Waals surface area contributed by atoms with Crippen molar-refractivity contribution >= 4 is 17.5 Å². The summed E-state index contributed by atoms with van der Waals surface area (Å²) in [4.78, 5) is 4.24. The summed E-state index contributed by atoms with van der Waals surface area (Å²) in [6.07, 6.45) is 5.00. The maximum Gasteiger partial charge on any atom is 0.169 e. The van der Waals surface area contributed by atoms with Crippen LogP contribution >= 0.6 is 0 Å². The Bertz CT molecular complexity index is 1060. The van der Waals surface area contributed by atoms with Gasteiger partial charge in [0.1, 0.15) is 6.07 Å². The lowest BCUT2D eigenvalue weighted by Crippen LogP contribution is -2.31. The molecular formula is C24H25N5. The molecule has 1 aliphatic carbocycles. The van der Waals surface area contributed by atoms with Crippen molar-refractivity contribution in [2.45, 2.75) is 11.8 Å². The Kier molecular flexibility index (Phi) is 4.63. The Morgan fingerprint density at radius 1 is 0.966 bits per heavy atom. The Balaban J connectivity index is 1.93. The number of nitrogens with one attached hydrogen (secondary N) is 1. The van der Waals surface area contributed by atoms with Crippen LogP contribution in [0.3, 0.4) is 0 Å². The van der Waals surface area contributed by atoms with Crippen molar-refractivity contribution in [3.05, 3.63) is 82.7 Å². The number of benzene rings is 2. The highest BCUT2D eigenvalue weighted by Crippen LogP contribution is 2.43. The number of hydrogen-bond acceptors (Lipinski definition) is 4. The molecule has 0 aliphatic heterocycles. The minimum Gasteiger partial charge on any atom is -0.378 e. The van der Waals surface area contributed by atoms with Crippen LogP contribution in [0.1, 0.15) is 28.1 Å². The van der Waals surface area contributed by atoms with E-state index in [1.54, 1.807) is 0 Å². The van der Waals surface area contributed by atoms with Gasteiger partial charge in [-0.1, -0.05) is 36.4 Å². The second-order valence-electron chi connectivity index (χ2n) is 7.95. The zero-order chi connectivity index (χ0) is 20.6. The molecule has 0 unspecified atom stereocenters. The van der Waals surface area contributed by atoms with Gasteiger partial charge in [0.2, 0.25) is 0 Å². The number of rotatable bonds is 4. The van der Waals surface area contributed by atoms with E-state index in [0.29, 0.717) is 5.69 Å². The molecule has 5 heteroatoms. The average Bonchev–Trinajstić information content (AvgIpc) is 3.15. The second-order valence-corrected chi connectivity index (χ2v) is 7.95. The molecule has 0 radical (unpaired) electrons. The molecule has 0 saturated heterocycles. The van der Waals surface area contributed by atoms with Crippen molar-refractivity contribution in [3.8, 4) is 6.07 Å². The van der Waals surface area contributed by atoms with Gasteiger partial charge in [-0.05, 0) is 35.4 Å². The summed E-state index contributed by atoms with van der Waals surface area (Å²) >= 11 is 0. The van der Waals surface area contributed by atoms with Gasteiger partial charge in [0.25, 0.3) is 0 Å². The summed E-state index contributed by atoms with van der Waals surface area (Å²) in [5.74, 6) is 0. The van der Waals surface area contributed by atoms with E-state index in [9.17, 15) is 5.26 Å².